The Bertz CT molecular complexity index is 1860. The van der Waals surface area contributed by atoms with Gasteiger partial charge in [0, 0.05) is 27.2 Å². The molecule has 1 unspecified atom stereocenters. The van der Waals surface area contributed by atoms with Gasteiger partial charge >= 0.3 is 0 Å². The summed E-state index contributed by atoms with van der Waals surface area (Å²) in [5.41, 5.74) is 3.86. The Kier molecular flexibility index (Phi) is 10.7. The van der Waals surface area contributed by atoms with Gasteiger partial charge in [-0.05, 0) is 71.3 Å². The van der Waals surface area contributed by atoms with Crippen molar-refractivity contribution in [3.8, 4) is 0 Å². The number of carbonyl (C=O) groups excluding carboxylic acids is 3. The Morgan fingerprint density at radius 2 is 1.46 bits per heavy atom. The minimum Gasteiger partial charge on any atom is -0.325 e. The zero-order valence-corrected chi connectivity index (χ0v) is 26.9. The SMILES string of the molecule is CCC(Sc1cccc(NC(=O)/C(=C\c2ccc(C(C)C)cc2)NC(=O)c2ccccc2)c1)C(=O)Nc1cccc2ccccc12. The van der Waals surface area contributed by atoms with E-state index in [0.717, 1.165) is 26.9 Å². The molecule has 0 heterocycles. The molecule has 5 rings (SSSR count). The van der Waals surface area contributed by atoms with Gasteiger partial charge in [0.1, 0.15) is 5.70 Å². The van der Waals surface area contributed by atoms with Gasteiger partial charge in [-0.25, -0.2) is 0 Å². The molecule has 0 radical (unpaired) electrons. The summed E-state index contributed by atoms with van der Waals surface area (Å²) in [4.78, 5) is 40.8. The van der Waals surface area contributed by atoms with E-state index in [9.17, 15) is 14.4 Å². The van der Waals surface area contributed by atoms with Crippen molar-refractivity contribution < 1.29 is 14.4 Å². The van der Waals surface area contributed by atoms with Gasteiger partial charge in [-0.3, -0.25) is 14.4 Å². The summed E-state index contributed by atoms with van der Waals surface area (Å²) >= 11 is 1.44. The molecule has 0 saturated carbocycles. The lowest BCUT2D eigenvalue weighted by molar-refractivity contribution is -0.116. The molecule has 0 bridgehead atoms. The lowest BCUT2D eigenvalue weighted by Crippen LogP contribution is -2.30. The number of fused-ring (bicyclic) bond motifs is 1. The molecule has 6 nitrogen and oxygen atoms in total. The smallest absolute Gasteiger partial charge is 0.272 e. The normalized spacial score (nSPS) is 12.0. The number of thioether (sulfide) groups is 1. The lowest BCUT2D eigenvalue weighted by atomic mass is 10.0. The van der Waals surface area contributed by atoms with Crippen LogP contribution in [0.3, 0.4) is 0 Å². The fourth-order valence-corrected chi connectivity index (χ4v) is 5.98. The summed E-state index contributed by atoms with van der Waals surface area (Å²) in [6, 6.07) is 37.9. The minimum absolute atomic E-state index is 0.0874. The van der Waals surface area contributed by atoms with Crippen LogP contribution in [0.1, 0.15) is 54.6 Å². The average Bonchev–Trinajstić information content (AvgIpc) is 3.07. The molecule has 46 heavy (non-hydrogen) atoms. The van der Waals surface area contributed by atoms with Gasteiger partial charge in [0.15, 0.2) is 0 Å². The largest absolute Gasteiger partial charge is 0.325 e. The molecule has 232 valence electrons. The minimum atomic E-state index is -0.458. The van der Waals surface area contributed by atoms with E-state index in [-0.39, 0.29) is 22.8 Å². The summed E-state index contributed by atoms with van der Waals surface area (Å²) < 4.78 is 0. The predicted octanol–water partition coefficient (Wildman–Crippen LogP) is 8.88. The highest BCUT2D eigenvalue weighted by atomic mass is 32.2. The van der Waals surface area contributed by atoms with Gasteiger partial charge in [0.25, 0.3) is 11.8 Å². The van der Waals surface area contributed by atoms with E-state index < -0.39 is 5.91 Å². The zero-order valence-electron chi connectivity index (χ0n) is 26.1. The van der Waals surface area contributed by atoms with Gasteiger partial charge in [0.05, 0.1) is 5.25 Å². The predicted molar refractivity (Wildman–Crippen MR) is 190 cm³/mol. The Morgan fingerprint density at radius 3 is 2.20 bits per heavy atom. The fraction of sp³-hybridized carbons (Fsp3) is 0.154. The summed E-state index contributed by atoms with van der Waals surface area (Å²) in [7, 11) is 0. The topological polar surface area (TPSA) is 87.3 Å². The van der Waals surface area contributed by atoms with Gasteiger partial charge in [-0.2, -0.15) is 0 Å². The van der Waals surface area contributed by atoms with Crippen LogP contribution in [0.25, 0.3) is 16.8 Å². The maximum atomic E-state index is 13.6. The highest BCUT2D eigenvalue weighted by Gasteiger charge is 2.20. The average molecular weight is 628 g/mol. The first kappa shape index (κ1) is 32.3. The van der Waals surface area contributed by atoms with Crippen LogP contribution in [0.5, 0.6) is 0 Å². The second-order valence-corrected chi connectivity index (χ2v) is 12.5. The molecule has 0 aliphatic rings. The third kappa shape index (κ3) is 8.31. The molecular formula is C39H37N3O3S. The van der Waals surface area contributed by atoms with Gasteiger partial charge in [0.2, 0.25) is 5.91 Å². The molecule has 0 saturated heterocycles. The van der Waals surface area contributed by atoms with Crippen molar-refractivity contribution in [1.29, 1.82) is 0 Å². The van der Waals surface area contributed by atoms with Crippen LogP contribution in [0.4, 0.5) is 11.4 Å². The van der Waals surface area contributed by atoms with Crippen LogP contribution >= 0.6 is 11.8 Å². The van der Waals surface area contributed by atoms with Crippen LogP contribution in [0, 0.1) is 0 Å². The van der Waals surface area contributed by atoms with Crippen LogP contribution in [0.2, 0.25) is 0 Å². The highest BCUT2D eigenvalue weighted by Crippen LogP contribution is 2.30. The van der Waals surface area contributed by atoms with Crippen molar-refractivity contribution >= 4 is 57.7 Å². The van der Waals surface area contributed by atoms with Gasteiger partial charge in [-0.15, -0.1) is 11.8 Å². The summed E-state index contributed by atoms with van der Waals surface area (Å²) in [6.07, 6.45) is 2.29. The molecule has 5 aromatic rings. The molecule has 0 spiro atoms. The number of benzene rings is 5. The first-order chi connectivity index (χ1) is 22.3. The molecule has 7 heteroatoms. The van der Waals surface area contributed by atoms with E-state index in [1.54, 1.807) is 36.4 Å². The summed E-state index contributed by atoms with van der Waals surface area (Å²) in [5, 5.41) is 10.5. The highest BCUT2D eigenvalue weighted by molar-refractivity contribution is 8.00. The molecule has 3 N–H and O–H groups in total. The van der Waals surface area contributed by atoms with Crippen molar-refractivity contribution in [2.45, 2.75) is 43.3 Å². The van der Waals surface area contributed by atoms with Crippen molar-refractivity contribution in [2.75, 3.05) is 10.6 Å². The van der Waals surface area contributed by atoms with E-state index in [4.69, 9.17) is 0 Å². The Balaban J connectivity index is 1.32. The summed E-state index contributed by atoms with van der Waals surface area (Å²) in [6.45, 7) is 6.22. The second-order valence-electron chi connectivity index (χ2n) is 11.2. The van der Waals surface area contributed by atoms with E-state index in [1.807, 2.05) is 97.9 Å². The van der Waals surface area contributed by atoms with Crippen LogP contribution < -0.4 is 16.0 Å². The quantitative estimate of drug-likeness (QED) is 0.101. The third-order valence-electron chi connectivity index (χ3n) is 7.52. The van der Waals surface area contributed by atoms with Gasteiger partial charge < -0.3 is 16.0 Å². The van der Waals surface area contributed by atoms with Crippen molar-refractivity contribution in [1.82, 2.24) is 5.32 Å². The Morgan fingerprint density at radius 1 is 0.761 bits per heavy atom. The second kappa shape index (κ2) is 15.2. The Hall–Kier alpha value is -5.14. The third-order valence-corrected chi connectivity index (χ3v) is 8.88. The maximum absolute atomic E-state index is 13.6. The van der Waals surface area contributed by atoms with Crippen molar-refractivity contribution in [3.05, 3.63) is 144 Å². The molecule has 0 aliphatic carbocycles. The molecule has 5 aromatic carbocycles. The molecule has 0 fully saturated rings. The maximum Gasteiger partial charge on any atom is 0.272 e. The standard InChI is InChI=1S/C39H37N3O3S/c1-4-36(39(45)41-34-19-10-15-29-12-8-9-18-33(29)34)46-32-17-11-16-31(25-32)40-38(44)35(42-37(43)30-13-6-5-7-14-30)24-27-20-22-28(23-21-27)26(2)3/h5-26,36H,4H2,1-3H3,(H,40,44)(H,41,45)(H,42,43)/b35-24+. The molecular weight excluding hydrogens is 591 g/mol. The van der Waals surface area contributed by atoms with Crippen LogP contribution in [-0.2, 0) is 9.59 Å². The van der Waals surface area contributed by atoms with Crippen LogP contribution in [-0.4, -0.2) is 23.0 Å². The van der Waals surface area contributed by atoms with Gasteiger partial charge in [-0.1, -0.05) is 106 Å². The van der Waals surface area contributed by atoms with E-state index in [2.05, 4.69) is 29.8 Å². The number of anilines is 2. The van der Waals surface area contributed by atoms with Crippen molar-refractivity contribution in [3.63, 3.8) is 0 Å². The number of nitrogens with one attached hydrogen (secondary N) is 3. The van der Waals surface area contributed by atoms with Crippen molar-refractivity contribution in [2.24, 2.45) is 0 Å². The number of amides is 3. The van der Waals surface area contributed by atoms with E-state index in [0.29, 0.717) is 23.6 Å². The molecule has 0 aliphatic heterocycles. The first-order valence-electron chi connectivity index (χ1n) is 15.4. The zero-order chi connectivity index (χ0) is 32.5. The van der Waals surface area contributed by atoms with E-state index in [1.165, 1.54) is 17.3 Å². The number of rotatable bonds is 11. The number of hydrogen-bond donors (Lipinski definition) is 3. The fourth-order valence-electron chi connectivity index (χ4n) is 4.97. The number of hydrogen-bond acceptors (Lipinski definition) is 4. The van der Waals surface area contributed by atoms with Crippen LogP contribution in [0.15, 0.2) is 132 Å². The van der Waals surface area contributed by atoms with E-state index >= 15 is 0 Å². The monoisotopic (exact) mass is 627 g/mol. The molecule has 1 atom stereocenters. The molecule has 0 aromatic heterocycles. The molecule has 3 amide bonds. The number of carbonyl (C=O) groups is 3. The Labute approximate surface area is 274 Å². The summed E-state index contributed by atoms with van der Waals surface area (Å²) in [5.74, 6) is -0.552. The first-order valence-corrected chi connectivity index (χ1v) is 16.2. The lowest BCUT2D eigenvalue weighted by Gasteiger charge is -2.17.